The van der Waals surface area contributed by atoms with Gasteiger partial charge in [-0.15, -0.1) is 0 Å². The Morgan fingerprint density at radius 2 is 1.79 bits per heavy atom. The molecule has 3 fully saturated rings. The summed E-state index contributed by atoms with van der Waals surface area (Å²) >= 11 is 0. The van der Waals surface area contributed by atoms with Crippen LogP contribution in [0.1, 0.15) is 64.7 Å². The van der Waals surface area contributed by atoms with E-state index in [1.165, 1.54) is 0 Å². The smallest absolute Gasteiger partial charge is 0.329 e. The van der Waals surface area contributed by atoms with Crippen molar-refractivity contribution >= 4 is 17.8 Å². The number of aliphatic carboxylic acids is 1. The molecule has 6 heteroatoms. The van der Waals surface area contributed by atoms with E-state index in [1.54, 1.807) is 0 Å². The largest absolute Gasteiger partial charge is 0.480 e. The number of carboxylic acids is 1. The van der Waals surface area contributed by atoms with Gasteiger partial charge in [-0.3, -0.25) is 9.59 Å². The van der Waals surface area contributed by atoms with Crippen LogP contribution in [-0.2, 0) is 14.4 Å². The number of hydrogen-bond acceptors (Lipinski definition) is 3. The fourth-order valence-electron chi connectivity index (χ4n) is 4.52. The molecule has 2 saturated carbocycles. The molecule has 3 rings (SSSR count). The summed E-state index contributed by atoms with van der Waals surface area (Å²) < 4.78 is 0. The number of nitrogens with zero attached hydrogens (tertiary/aromatic N) is 1. The van der Waals surface area contributed by atoms with Crippen molar-refractivity contribution in [1.29, 1.82) is 0 Å². The van der Waals surface area contributed by atoms with Gasteiger partial charge in [-0.05, 0) is 44.4 Å². The van der Waals surface area contributed by atoms with Crippen LogP contribution in [0.5, 0.6) is 0 Å². The molecule has 1 aliphatic heterocycles. The molecular weight excluding hydrogens is 308 g/mol. The van der Waals surface area contributed by atoms with Crippen LogP contribution in [0.4, 0.5) is 0 Å². The van der Waals surface area contributed by atoms with Crippen LogP contribution in [0.15, 0.2) is 0 Å². The first-order valence-corrected chi connectivity index (χ1v) is 9.26. The van der Waals surface area contributed by atoms with Gasteiger partial charge in [-0.1, -0.05) is 19.8 Å². The van der Waals surface area contributed by atoms with Gasteiger partial charge in [-0.2, -0.15) is 0 Å². The van der Waals surface area contributed by atoms with E-state index < -0.39 is 17.4 Å². The van der Waals surface area contributed by atoms with Gasteiger partial charge >= 0.3 is 5.97 Å². The summed E-state index contributed by atoms with van der Waals surface area (Å²) in [7, 11) is 0. The maximum atomic E-state index is 12.6. The van der Waals surface area contributed by atoms with Crippen LogP contribution < -0.4 is 5.32 Å². The number of nitrogens with one attached hydrogen (secondary N) is 1. The predicted molar refractivity (Wildman–Crippen MR) is 88.2 cm³/mol. The quantitative estimate of drug-likeness (QED) is 0.821. The van der Waals surface area contributed by atoms with Crippen molar-refractivity contribution in [2.45, 2.75) is 76.3 Å². The van der Waals surface area contributed by atoms with Gasteiger partial charge in [0, 0.05) is 19.0 Å². The number of carboxylic acid groups (broad SMARTS) is 1. The van der Waals surface area contributed by atoms with Crippen molar-refractivity contribution in [2.24, 2.45) is 11.8 Å². The molecule has 0 aromatic rings. The van der Waals surface area contributed by atoms with Gasteiger partial charge in [0.05, 0.1) is 5.92 Å². The van der Waals surface area contributed by atoms with Crippen LogP contribution >= 0.6 is 0 Å². The van der Waals surface area contributed by atoms with E-state index in [4.69, 9.17) is 0 Å². The minimum absolute atomic E-state index is 0.0468. The molecule has 24 heavy (non-hydrogen) atoms. The van der Waals surface area contributed by atoms with E-state index in [9.17, 15) is 19.5 Å². The maximum absolute atomic E-state index is 12.6. The van der Waals surface area contributed by atoms with Crippen molar-refractivity contribution < 1.29 is 19.5 Å². The van der Waals surface area contributed by atoms with E-state index in [1.807, 2.05) is 4.90 Å². The Bertz CT molecular complexity index is 519. The molecule has 134 valence electrons. The normalized spacial score (nSPS) is 32.8. The molecule has 0 spiro atoms. The summed E-state index contributed by atoms with van der Waals surface area (Å²) in [5, 5.41) is 12.3. The third-order valence-corrected chi connectivity index (χ3v) is 6.18. The highest BCUT2D eigenvalue weighted by molar-refractivity contribution is 5.93. The van der Waals surface area contributed by atoms with Gasteiger partial charge < -0.3 is 15.3 Å². The second kappa shape index (κ2) is 6.73. The number of rotatable bonds is 4. The van der Waals surface area contributed by atoms with Crippen LogP contribution in [0.3, 0.4) is 0 Å². The van der Waals surface area contributed by atoms with Gasteiger partial charge in [0.15, 0.2) is 0 Å². The highest BCUT2D eigenvalue weighted by Crippen LogP contribution is 2.33. The van der Waals surface area contributed by atoms with Gasteiger partial charge in [0.1, 0.15) is 5.54 Å². The second-order valence-electron chi connectivity index (χ2n) is 7.94. The summed E-state index contributed by atoms with van der Waals surface area (Å²) in [5.41, 5.74) is -1.12. The van der Waals surface area contributed by atoms with Crippen LogP contribution in [0.25, 0.3) is 0 Å². The van der Waals surface area contributed by atoms with E-state index in [0.717, 1.165) is 44.4 Å². The molecule has 3 aliphatic rings. The number of hydrogen-bond donors (Lipinski definition) is 2. The Balaban J connectivity index is 1.60. The zero-order chi connectivity index (χ0) is 17.3. The van der Waals surface area contributed by atoms with Gasteiger partial charge in [0.25, 0.3) is 0 Å². The number of carbonyl (C=O) groups is 3. The number of amides is 2. The average Bonchev–Trinajstić information content (AvgIpc) is 3.16. The minimum atomic E-state index is -1.12. The van der Waals surface area contributed by atoms with E-state index in [0.29, 0.717) is 19.4 Å². The molecule has 6 nitrogen and oxygen atoms in total. The number of likely N-dealkylation sites (tertiary alicyclic amines) is 1. The zero-order valence-electron chi connectivity index (χ0n) is 14.4. The molecule has 0 aromatic heterocycles. The van der Waals surface area contributed by atoms with E-state index in [-0.39, 0.29) is 24.3 Å². The first-order valence-electron chi connectivity index (χ1n) is 9.26. The number of carbonyl (C=O) groups excluding carboxylic acids is 2. The molecule has 2 amide bonds. The topological polar surface area (TPSA) is 86.7 Å². The summed E-state index contributed by atoms with van der Waals surface area (Å²) in [6.07, 6.45) is 7.12. The van der Waals surface area contributed by atoms with Crippen molar-refractivity contribution in [2.75, 3.05) is 6.54 Å². The Labute approximate surface area is 143 Å². The molecule has 1 heterocycles. The third kappa shape index (κ3) is 3.28. The maximum Gasteiger partial charge on any atom is 0.329 e. The Morgan fingerprint density at radius 3 is 2.38 bits per heavy atom. The van der Waals surface area contributed by atoms with Crippen LogP contribution in [-0.4, -0.2) is 45.9 Å². The lowest BCUT2D eigenvalue weighted by Gasteiger charge is -2.33. The first-order chi connectivity index (χ1) is 11.4. The molecule has 2 N–H and O–H groups in total. The van der Waals surface area contributed by atoms with Crippen LogP contribution in [0, 0.1) is 11.8 Å². The molecule has 1 saturated heterocycles. The van der Waals surface area contributed by atoms with Crippen molar-refractivity contribution in [3.63, 3.8) is 0 Å². The Morgan fingerprint density at radius 1 is 1.17 bits per heavy atom. The average molecular weight is 336 g/mol. The lowest BCUT2D eigenvalue weighted by molar-refractivity contribution is -0.148. The third-order valence-electron chi connectivity index (χ3n) is 6.18. The second-order valence-corrected chi connectivity index (χ2v) is 7.94. The molecule has 1 atom stereocenters. The fraction of sp³-hybridized carbons (Fsp3) is 0.833. The molecule has 0 bridgehead atoms. The molecule has 0 radical (unpaired) electrons. The van der Waals surface area contributed by atoms with Crippen molar-refractivity contribution in [1.82, 2.24) is 10.2 Å². The molecule has 1 unspecified atom stereocenters. The van der Waals surface area contributed by atoms with Gasteiger partial charge in [0.2, 0.25) is 11.8 Å². The standard InChI is InChI=1S/C18H28N2O4/c1-12-4-6-14(7-5-12)20-11-13(10-15(20)21)16(22)19-18(17(23)24)8-2-3-9-18/h12-14H,2-11H2,1H3,(H,19,22)(H,23,24). The van der Waals surface area contributed by atoms with Crippen molar-refractivity contribution in [3.05, 3.63) is 0 Å². The summed E-state index contributed by atoms with van der Waals surface area (Å²) in [5.74, 6) is -0.856. The Hall–Kier alpha value is -1.59. The summed E-state index contributed by atoms with van der Waals surface area (Å²) in [6.45, 7) is 2.69. The van der Waals surface area contributed by atoms with Gasteiger partial charge in [-0.25, -0.2) is 4.79 Å². The van der Waals surface area contributed by atoms with E-state index in [2.05, 4.69) is 12.2 Å². The lowest BCUT2D eigenvalue weighted by atomic mass is 9.86. The summed E-state index contributed by atoms with van der Waals surface area (Å²) in [4.78, 5) is 38.4. The fourth-order valence-corrected chi connectivity index (χ4v) is 4.52. The highest BCUT2D eigenvalue weighted by atomic mass is 16.4. The minimum Gasteiger partial charge on any atom is -0.480 e. The molecule has 2 aliphatic carbocycles. The summed E-state index contributed by atoms with van der Waals surface area (Å²) in [6, 6.07) is 0.256. The zero-order valence-corrected chi connectivity index (χ0v) is 14.4. The lowest BCUT2D eigenvalue weighted by Crippen LogP contribution is -2.54. The van der Waals surface area contributed by atoms with Crippen LogP contribution in [0.2, 0.25) is 0 Å². The molecule has 0 aromatic carbocycles. The highest BCUT2D eigenvalue weighted by Gasteiger charge is 2.46. The monoisotopic (exact) mass is 336 g/mol. The molecular formula is C18H28N2O4. The SMILES string of the molecule is CC1CCC(N2CC(C(=O)NC3(C(=O)O)CCCC3)CC2=O)CC1. The first kappa shape index (κ1) is 17.2. The predicted octanol–water partition coefficient (Wildman–Crippen LogP) is 1.93. The Kier molecular flexibility index (Phi) is 4.83. The van der Waals surface area contributed by atoms with Crippen molar-refractivity contribution in [3.8, 4) is 0 Å². The van der Waals surface area contributed by atoms with E-state index >= 15 is 0 Å².